The highest BCUT2D eigenvalue weighted by atomic mass is 16.1. The molecular formula is C16H27NO. The summed E-state index contributed by atoms with van der Waals surface area (Å²) in [7, 11) is 0. The Morgan fingerprint density at radius 2 is 1.67 bits per heavy atom. The van der Waals surface area contributed by atoms with Gasteiger partial charge in [-0.2, -0.15) is 0 Å². The first-order chi connectivity index (χ1) is 8.54. The van der Waals surface area contributed by atoms with Crippen molar-refractivity contribution in [3.63, 3.8) is 0 Å². The molecule has 1 unspecified atom stereocenters. The van der Waals surface area contributed by atoms with Crippen LogP contribution in [0.3, 0.4) is 0 Å². The summed E-state index contributed by atoms with van der Waals surface area (Å²) in [5.74, 6) is 0.609. The van der Waals surface area contributed by atoms with Gasteiger partial charge in [0.1, 0.15) is 0 Å². The molecule has 18 heavy (non-hydrogen) atoms. The largest absolute Gasteiger partial charge is 0.326 e. The average molecular weight is 249 g/mol. The molecule has 0 spiro atoms. The number of nitrogens with one attached hydrogen (secondary N) is 1. The minimum Gasteiger partial charge on any atom is -0.326 e. The second kappa shape index (κ2) is 8.73. The highest BCUT2D eigenvalue weighted by Gasteiger charge is 2.19. The van der Waals surface area contributed by atoms with Crippen molar-refractivity contribution in [3.05, 3.63) is 29.8 Å². The molecule has 1 aromatic carbocycles. The van der Waals surface area contributed by atoms with E-state index < -0.39 is 0 Å². The third-order valence-electron chi connectivity index (χ3n) is 2.90. The first-order valence-corrected chi connectivity index (χ1v) is 6.92. The fraction of sp³-hybridized carbons (Fsp3) is 0.562. The molecular weight excluding hydrogens is 222 g/mol. The highest BCUT2D eigenvalue weighted by Crippen LogP contribution is 2.18. The van der Waals surface area contributed by atoms with E-state index in [4.69, 9.17) is 0 Å². The minimum absolute atomic E-state index is 0.0984. The number of amides is 1. The molecule has 0 aliphatic heterocycles. The highest BCUT2D eigenvalue weighted by molar-refractivity contribution is 5.92. The Morgan fingerprint density at radius 3 is 2.06 bits per heavy atom. The topological polar surface area (TPSA) is 29.1 Å². The summed E-state index contributed by atoms with van der Waals surface area (Å²) in [5.41, 5.74) is 2.09. The van der Waals surface area contributed by atoms with E-state index in [-0.39, 0.29) is 11.8 Å². The Kier molecular flexibility index (Phi) is 8.10. The molecule has 1 atom stereocenters. The summed E-state index contributed by atoms with van der Waals surface area (Å²) < 4.78 is 0. The molecule has 0 heterocycles. The van der Waals surface area contributed by atoms with Crippen molar-refractivity contribution < 1.29 is 4.79 Å². The number of aryl methyl sites for hydroxylation is 1. The predicted molar refractivity (Wildman–Crippen MR) is 79.8 cm³/mol. The van der Waals surface area contributed by atoms with Crippen LogP contribution < -0.4 is 5.32 Å². The van der Waals surface area contributed by atoms with Crippen molar-refractivity contribution in [2.75, 3.05) is 5.32 Å². The zero-order valence-corrected chi connectivity index (χ0v) is 12.6. The van der Waals surface area contributed by atoms with Gasteiger partial charge in [-0.05, 0) is 31.4 Å². The average Bonchev–Trinajstić information content (AvgIpc) is 2.35. The van der Waals surface area contributed by atoms with Crippen LogP contribution in [-0.4, -0.2) is 5.91 Å². The molecule has 2 nitrogen and oxygen atoms in total. The monoisotopic (exact) mass is 249 g/mol. The summed E-state index contributed by atoms with van der Waals surface area (Å²) in [5, 5.41) is 2.96. The third-order valence-corrected chi connectivity index (χ3v) is 2.90. The SMILES string of the molecule is CC.CCC(C(=O)Nc1ccc(C)cc1)C(C)C. The first kappa shape index (κ1) is 16.7. The lowest BCUT2D eigenvalue weighted by Crippen LogP contribution is -2.26. The maximum Gasteiger partial charge on any atom is 0.227 e. The van der Waals surface area contributed by atoms with Crippen molar-refractivity contribution in [2.45, 2.75) is 48.0 Å². The fourth-order valence-corrected chi connectivity index (χ4v) is 1.83. The van der Waals surface area contributed by atoms with E-state index in [1.165, 1.54) is 5.56 Å². The van der Waals surface area contributed by atoms with Gasteiger partial charge in [-0.25, -0.2) is 0 Å². The van der Waals surface area contributed by atoms with Crippen molar-refractivity contribution in [2.24, 2.45) is 11.8 Å². The smallest absolute Gasteiger partial charge is 0.227 e. The van der Waals surface area contributed by atoms with Crippen LogP contribution in [-0.2, 0) is 4.79 Å². The van der Waals surface area contributed by atoms with E-state index in [1.807, 2.05) is 45.0 Å². The fourth-order valence-electron chi connectivity index (χ4n) is 1.83. The van der Waals surface area contributed by atoms with Crippen molar-refractivity contribution in [1.29, 1.82) is 0 Å². The van der Waals surface area contributed by atoms with Crippen LogP contribution in [0.2, 0.25) is 0 Å². The zero-order chi connectivity index (χ0) is 14.1. The van der Waals surface area contributed by atoms with Gasteiger partial charge in [0.2, 0.25) is 5.91 Å². The van der Waals surface area contributed by atoms with Gasteiger partial charge in [0.05, 0.1) is 0 Å². The summed E-state index contributed by atoms with van der Waals surface area (Å²) >= 11 is 0. The molecule has 1 N–H and O–H groups in total. The number of rotatable bonds is 4. The zero-order valence-electron chi connectivity index (χ0n) is 12.6. The number of hydrogen-bond acceptors (Lipinski definition) is 1. The van der Waals surface area contributed by atoms with E-state index >= 15 is 0 Å². The van der Waals surface area contributed by atoms with Gasteiger partial charge in [0.15, 0.2) is 0 Å². The Bertz CT molecular complexity index is 341. The Hall–Kier alpha value is -1.31. The van der Waals surface area contributed by atoms with Crippen LogP contribution in [0.15, 0.2) is 24.3 Å². The number of carbonyl (C=O) groups excluding carboxylic acids is 1. The Morgan fingerprint density at radius 1 is 1.17 bits per heavy atom. The van der Waals surface area contributed by atoms with Crippen LogP contribution in [0.5, 0.6) is 0 Å². The van der Waals surface area contributed by atoms with Crippen LogP contribution in [0.1, 0.15) is 46.6 Å². The number of carbonyl (C=O) groups is 1. The molecule has 2 heteroatoms. The molecule has 0 aliphatic rings. The lowest BCUT2D eigenvalue weighted by atomic mass is 9.92. The van der Waals surface area contributed by atoms with Crippen molar-refractivity contribution in [3.8, 4) is 0 Å². The predicted octanol–water partition coefficient (Wildman–Crippen LogP) is 4.64. The van der Waals surface area contributed by atoms with Gasteiger partial charge < -0.3 is 5.32 Å². The minimum atomic E-state index is 0.0984. The number of hydrogen-bond donors (Lipinski definition) is 1. The quantitative estimate of drug-likeness (QED) is 0.827. The summed E-state index contributed by atoms with van der Waals surface area (Å²) in [4.78, 5) is 12.0. The van der Waals surface area contributed by atoms with Crippen LogP contribution in [0.4, 0.5) is 5.69 Å². The Balaban J connectivity index is 0.00000137. The second-order valence-corrected chi connectivity index (χ2v) is 4.61. The van der Waals surface area contributed by atoms with E-state index in [1.54, 1.807) is 0 Å². The van der Waals surface area contributed by atoms with E-state index in [0.717, 1.165) is 12.1 Å². The maximum absolute atomic E-state index is 12.0. The molecule has 102 valence electrons. The maximum atomic E-state index is 12.0. The molecule has 0 radical (unpaired) electrons. The summed E-state index contributed by atoms with van der Waals surface area (Å²) in [6, 6.07) is 7.90. The van der Waals surface area contributed by atoms with Gasteiger partial charge in [-0.1, -0.05) is 52.3 Å². The lowest BCUT2D eigenvalue weighted by molar-refractivity contribution is -0.121. The second-order valence-electron chi connectivity index (χ2n) is 4.61. The summed E-state index contributed by atoms with van der Waals surface area (Å²) in [6.45, 7) is 12.3. The molecule has 0 fully saturated rings. The van der Waals surface area contributed by atoms with Gasteiger partial charge in [0, 0.05) is 11.6 Å². The van der Waals surface area contributed by atoms with Crippen molar-refractivity contribution in [1.82, 2.24) is 0 Å². The molecule has 0 saturated carbocycles. The summed E-state index contributed by atoms with van der Waals surface area (Å²) in [6.07, 6.45) is 0.884. The van der Waals surface area contributed by atoms with Crippen LogP contribution in [0.25, 0.3) is 0 Å². The van der Waals surface area contributed by atoms with Gasteiger partial charge in [-0.15, -0.1) is 0 Å². The lowest BCUT2D eigenvalue weighted by Gasteiger charge is -2.18. The van der Waals surface area contributed by atoms with Gasteiger partial charge >= 0.3 is 0 Å². The molecule has 1 rings (SSSR count). The van der Waals surface area contributed by atoms with Gasteiger partial charge in [0.25, 0.3) is 0 Å². The molecule has 1 amide bonds. The number of anilines is 1. The molecule has 0 aromatic heterocycles. The third kappa shape index (κ3) is 5.35. The molecule has 1 aromatic rings. The molecule has 0 saturated heterocycles. The van der Waals surface area contributed by atoms with E-state index in [0.29, 0.717) is 5.92 Å². The number of benzene rings is 1. The van der Waals surface area contributed by atoms with Gasteiger partial charge in [-0.3, -0.25) is 4.79 Å². The van der Waals surface area contributed by atoms with E-state index in [2.05, 4.69) is 26.1 Å². The standard InChI is InChI=1S/C14H21NO.C2H6/c1-5-13(10(2)3)14(16)15-12-8-6-11(4)7-9-12;1-2/h6-10,13H,5H2,1-4H3,(H,15,16);1-2H3. The first-order valence-electron chi connectivity index (χ1n) is 6.92. The molecule has 0 bridgehead atoms. The Labute approximate surface area is 112 Å². The molecule has 0 aliphatic carbocycles. The van der Waals surface area contributed by atoms with E-state index in [9.17, 15) is 4.79 Å². The van der Waals surface area contributed by atoms with Crippen LogP contribution >= 0.6 is 0 Å². The van der Waals surface area contributed by atoms with Crippen molar-refractivity contribution >= 4 is 11.6 Å². The van der Waals surface area contributed by atoms with Crippen LogP contribution in [0, 0.1) is 18.8 Å². The normalized spacial score (nSPS) is 11.5.